The molecule has 3 atom stereocenters. The molecule has 1 aliphatic rings. The number of rotatable bonds is 12. The normalized spacial score (nSPS) is 17.4. The molecule has 6 nitrogen and oxygen atoms in total. The summed E-state index contributed by atoms with van der Waals surface area (Å²) in [4.78, 5) is 25.5. The second-order valence-corrected chi connectivity index (χ2v) is 10.1. The molecule has 1 amide bonds. The minimum Gasteiger partial charge on any atom is -0.466 e. The topological polar surface area (TPSA) is 69.6 Å². The predicted octanol–water partition coefficient (Wildman–Crippen LogP) is 7.16. The number of halogens is 3. The number of nitrogens with zero attached hydrogens (tertiary/aromatic N) is 1. The summed E-state index contributed by atoms with van der Waals surface area (Å²) in [6.45, 7) is 6.80. The minimum atomic E-state index is -4.66. The Kier molecular flexibility index (Phi) is 9.35. The summed E-state index contributed by atoms with van der Waals surface area (Å²) in [5.41, 5.74) is 1.51. The van der Waals surface area contributed by atoms with Crippen LogP contribution in [0.2, 0.25) is 0 Å². The van der Waals surface area contributed by atoms with Crippen molar-refractivity contribution >= 4 is 17.6 Å². The molecule has 1 fully saturated rings. The number of ether oxygens (including phenoxy) is 2. The van der Waals surface area contributed by atoms with Gasteiger partial charge in [0.05, 0.1) is 37.0 Å². The van der Waals surface area contributed by atoms with Gasteiger partial charge in [0.1, 0.15) is 5.69 Å². The van der Waals surface area contributed by atoms with Crippen molar-refractivity contribution in [3.63, 3.8) is 0 Å². The first kappa shape index (κ1) is 29.4. The van der Waals surface area contributed by atoms with Crippen molar-refractivity contribution in [1.29, 1.82) is 0 Å². The summed E-state index contributed by atoms with van der Waals surface area (Å²) in [6, 6.07) is 16.9. The third-order valence-corrected chi connectivity index (χ3v) is 7.29. The number of carbonyl (C=O) groups excluding carboxylic acids is 2. The molecule has 1 aromatic heterocycles. The van der Waals surface area contributed by atoms with Gasteiger partial charge in [0, 0.05) is 18.2 Å². The first-order valence-corrected chi connectivity index (χ1v) is 13.6. The molecule has 9 heteroatoms. The molecule has 0 unspecified atom stereocenters. The van der Waals surface area contributed by atoms with E-state index in [1.807, 2.05) is 54.8 Å². The van der Waals surface area contributed by atoms with Crippen LogP contribution in [0, 0.1) is 5.92 Å². The summed E-state index contributed by atoms with van der Waals surface area (Å²) in [5, 5.41) is 2.52. The quantitative estimate of drug-likeness (QED) is 0.190. The fourth-order valence-corrected chi connectivity index (χ4v) is 4.93. The second-order valence-electron chi connectivity index (χ2n) is 10.1. The summed E-state index contributed by atoms with van der Waals surface area (Å²) in [7, 11) is 0. The largest absolute Gasteiger partial charge is 0.466 e. The van der Waals surface area contributed by atoms with Crippen molar-refractivity contribution < 1.29 is 32.2 Å². The molecule has 40 heavy (non-hydrogen) atoms. The lowest BCUT2D eigenvalue weighted by Crippen LogP contribution is -2.22. The molecule has 1 saturated carbocycles. The van der Waals surface area contributed by atoms with Crippen molar-refractivity contribution in [2.75, 3.05) is 18.5 Å². The number of nitrogens with one attached hydrogen (secondary N) is 1. The van der Waals surface area contributed by atoms with Gasteiger partial charge in [-0.3, -0.25) is 9.59 Å². The van der Waals surface area contributed by atoms with Gasteiger partial charge in [-0.15, -0.1) is 0 Å². The molecule has 1 N–H and O–H groups in total. The Morgan fingerprint density at radius 3 is 2.50 bits per heavy atom. The second kappa shape index (κ2) is 12.7. The van der Waals surface area contributed by atoms with Crippen LogP contribution in [-0.2, 0) is 33.5 Å². The van der Waals surface area contributed by atoms with Crippen LogP contribution in [0.15, 0.2) is 60.7 Å². The van der Waals surface area contributed by atoms with E-state index < -0.39 is 17.6 Å². The molecular weight excluding hydrogens is 521 g/mol. The zero-order valence-corrected chi connectivity index (χ0v) is 23.0. The number of carbonyl (C=O) groups is 2. The SMILES string of the molecule is CCOC(=O)[C@@H]1C[C@@H]1c1ccc(C(F)(F)F)c(NC(=O)c2ccc(CCOCc3ccccc3)n2[C@@H](C)CC)c1. The lowest BCUT2D eigenvalue weighted by Gasteiger charge is -2.20. The number of anilines is 1. The van der Waals surface area contributed by atoms with E-state index in [4.69, 9.17) is 9.47 Å². The molecule has 0 aliphatic heterocycles. The first-order chi connectivity index (χ1) is 19.1. The fraction of sp³-hybridized carbons (Fsp3) is 0.419. The van der Waals surface area contributed by atoms with Crippen molar-refractivity contribution in [2.45, 2.75) is 64.8 Å². The molecule has 1 heterocycles. The van der Waals surface area contributed by atoms with Crippen LogP contribution < -0.4 is 5.32 Å². The molecule has 0 spiro atoms. The molecule has 3 aromatic rings. The van der Waals surface area contributed by atoms with Crippen LogP contribution in [0.1, 0.15) is 78.4 Å². The Morgan fingerprint density at radius 2 is 1.82 bits per heavy atom. The highest BCUT2D eigenvalue weighted by molar-refractivity contribution is 6.04. The average Bonchev–Trinajstić information content (AvgIpc) is 3.63. The van der Waals surface area contributed by atoms with Gasteiger partial charge in [0.25, 0.3) is 5.91 Å². The van der Waals surface area contributed by atoms with E-state index in [-0.39, 0.29) is 41.8 Å². The standard InChI is InChI=1S/C31H35F3N2O4/c1-4-20(3)36-23(15-16-39-19-21-9-7-6-8-10-21)12-14-28(36)29(37)35-27-17-22(11-13-26(27)31(32,33)34)24-18-25(24)30(38)40-5-2/h6-14,17,20,24-25H,4-5,15-16,18-19H2,1-3H3,(H,35,37)/t20-,24+,25+/m0/s1. The van der Waals surface area contributed by atoms with E-state index in [2.05, 4.69) is 5.32 Å². The van der Waals surface area contributed by atoms with Crippen LogP contribution in [0.25, 0.3) is 0 Å². The smallest absolute Gasteiger partial charge is 0.418 e. The zero-order chi connectivity index (χ0) is 28.9. The number of amides is 1. The minimum absolute atomic E-state index is 0.0508. The highest BCUT2D eigenvalue weighted by atomic mass is 19.4. The van der Waals surface area contributed by atoms with Gasteiger partial charge >= 0.3 is 12.1 Å². The van der Waals surface area contributed by atoms with Crippen LogP contribution in [0.3, 0.4) is 0 Å². The number of aromatic nitrogens is 1. The maximum atomic E-state index is 13.9. The van der Waals surface area contributed by atoms with E-state index in [0.29, 0.717) is 31.6 Å². The van der Waals surface area contributed by atoms with Crippen molar-refractivity contribution in [3.05, 3.63) is 88.7 Å². The number of esters is 1. The van der Waals surface area contributed by atoms with Gasteiger partial charge < -0.3 is 19.4 Å². The molecule has 2 aromatic carbocycles. The van der Waals surface area contributed by atoms with Crippen LogP contribution in [-0.4, -0.2) is 29.7 Å². The summed E-state index contributed by atoms with van der Waals surface area (Å²) in [5.74, 6) is -1.60. The van der Waals surface area contributed by atoms with Gasteiger partial charge in [0.15, 0.2) is 0 Å². The van der Waals surface area contributed by atoms with Gasteiger partial charge in [-0.25, -0.2) is 0 Å². The Labute approximate surface area is 232 Å². The number of hydrogen-bond donors (Lipinski definition) is 1. The molecule has 1 aliphatic carbocycles. The van der Waals surface area contributed by atoms with Gasteiger partial charge in [0.2, 0.25) is 0 Å². The number of alkyl halides is 3. The monoisotopic (exact) mass is 556 g/mol. The highest BCUT2D eigenvalue weighted by Crippen LogP contribution is 2.49. The summed E-state index contributed by atoms with van der Waals surface area (Å²) in [6.07, 6.45) is -2.88. The maximum absolute atomic E-state index is 13.9. The highest BCUT2D eigenvalue weighted by Gasteiger charge is 2.46. The van der Waals surface area contributed by atoms with Crippen LogP contribution in [0.5, 0.6) is 0 Å². The van der Waals surface area contributed by atoms with Crippen molar-refractivity contribution in [2.24, 2.45) is 5.92 Å². The fourth-order valence-electron chi connectivity index (χ4n) is 4.93. The van der Waals surface area contributed by atoms with E-state index >= 15 is 0 Å². The Hall–Kier alpha value is -3.59. The van der Waals surface area contributed by atoms with Crippen LogP contribution in [0.4, 0.5) is 18.9 Å². The zero-order valence-electron chi connectivity index (χ0n) is 23.0. The summed E-state index contributed by atoms with van der Waals surface area (Å²) < 4.78 is 54.4. The molecule has 0 radical (unpaired) electrons. The molecule has 0 bridgehead atoms. The van der Waals surface area contributed by atoms with E-state index in [1.165, 1.54) is 12.1 Å². The van der Waals surface area contributed by atoms with Gasteiger partial charge in [-0.1, -0.05) is 43.3 Å². The van der Waals surface area contributed by atoms with E-state index in [0.717, 1.165) is 23.7 Å². The molecule has 0 saturated heterocycles. The predicted molar refractivity (Wildman–Crippen MR) is 146 cm³/mol. The molecule has 4 rings (SSSR count). The maximum Gasteiger partial charge on any atom is 0.418 e. The lowest BCUT2D eigenvalue weighted by molar-refractivity contribution is -0.144. The van der Waals surface area contributed by atoms with Crippen molar-refractivity contribution in [3.8, 4) is 0 Å². The number of benzene rings is 2. The van der Waals surface area contributed by atoms with E-state index in [9.17, 15) is 22.8 Å². The van der Waals surface area contributed by atoms with Gasteiger partial charge in [-0.2, -0.15) is 13.2 Å². The Bertz CT molecular complexity index is 1320. The number of hydrogen-bond acceptors (Lipinski definition) is 4. The first-order valence-electron chi connectivity index (χ1n) is 13.6. The van der Waals surface area contributed by atoms with Crippen LogP contribution >= 0.6 is 0 Å². The lowest BCUT2D eigenvalue weighted by atomic mass is 10.0. The molecule has 214 valence electrons. The summed E-state index contributed by atoms with van der Waals surface area (Å²) >= 11 is 0. The molecular formula is C31H35F3N2O4. The van der Waals surface area contributed by atoms with Crippen molar-refractivity contribution in [1.82, 2.24) is 4.57 Å². The third kappa shape index (κ3) is 6.94. The Balaban J connectivity index is 1.52. The van der Waals surface area contributed by atoms with Gasteiger partial charge in [-0.05, 0) is 68.0 Å². The van der Waals surface area contributed by atoms with E-state index in [1.54, 1.807) is 13.0 Å². The average molecular weight is 557 g/mol. The Morgan fingerprint density at radius 1 is 1.07 bits per heavy atom. The third-order valence-electron chi connectivity index (χ3n) is 7.29.